The van der Waals surface area contributed by atoms with E-state index in [0.717, 1.165) is 0 Å². The molecule has 0 saturated heterocycles. The van der Waals surface area contributed by atoms with Gasteiger partial charge >= 0.3 is 5.97 Å². The maximum Gasteiger partial charge on any atom is 0.344 e. The average molecular weight is 162 g/mol. The predicted molar refractivity (Wildman–Crippen MR) is 40.9 cm³/mol. The van der Waals surface area contributed by atoms with Crippen LogP contribution in [0.2, 0.25) is 0 Å². The van der Waals surface area contributed by atoms with Gasteiger partial charge in [0.05, 0.1) is 6.61 Å². The van der Waals surface area contributed by atoms with Crippen molar-refractivity contribution in [2.45, 2.75) is 13.8 Å². The third-order valence-electron chi connectivity index (χ3n) is 0.699. The zero-order chi connectivity index (χ0) is 7.98. The van der Waals surface area contributed by atoms with Crippen molar-refractivity contribution in [2.75, 3.05) is 13.2 Å². The largest absolute Gasteiger partial charge is 0.476 e. The van der Waals surface area contributed by atoms with Crippen molar-refractivity contribution in [3.63, 3.8) is 0 Å². The van der Waals surface area contributed by atoms with Gasteiger partial charge in [0.15, 0.2) is 11.7 Å². The summed E-state index contributed by atoms with van der Waals surface area (Å²) in [6.45, 7) is 3.64. The van der Waals surface area contributed by atoms with E-state index in [1.165, 1.54) is 0 Å². The van der Waals surface area contributed by atoms with Crippen molar-refractivity contribution in [2.24, 2.45) is 0 Å². The third-order valence-corrected chi connectivity index (χ3v) is 0.816. The van der Waals surface area contributed by atoms with E-state index < -0.39 is 0 Å². The Morgan fingerprint density at radius 2 is 2.10 bits per heavy atom. The SMILES string of the molecule is CCOC(=O)COC(C)=S. The lowest BCUT2D eigenvalue weighted by Crippen LogP contribution is -2.13. The van der Waals surface area contributed by atoms with Gasteiger partial charge in [-0.25, -0.2) is 4.79 Å². The summed E-state index contributed by atoms with van der Waals surface area (Å²) in [6, 6.07) is 0. The molecule has 0 heterocycles. The minimum absolute atomic E-state index is 0.0802. The van der Waals surface area contributed by atoms with Crippen LogP contribution in [0, 0.1) is 0 Å². The van der Waals surface area contributed by atoms with Crippen molar-refractivity contribution < 1.29 is 14.3 Å². The van der Waals surface area contributed by atoms with Crippen LogP contribution in [0.5, 0.6) is 0 Å². The molecule has 0 amide bonds. The highest BCUT2D eigenvalue weighted by Gasteiger charge is 2.00. The van der Waals surface area contributed by atoms with E-state index in [1.54, 1.807) is 13.8 Å². The van der Waals surface area contributed by atoms with Crippen LogP contribution in [-0.2, 0) is 14.3 Å². The van der Waals surface area contributed by atoms with Crippen LogP contribution in [0.4, 0.5) is 0 Å². The summed E-state index contributed by atoms with van der Waals surface area (Å²) in [5.74, 6) is -0.383. The summed E-state index contributed by atoms with van der Waals surface area (Å²) < 4.78 is 9.28. The van der Waals surface area contributed by atoms with Crippen molar-refractivity contribution in [3.05, 3.63) is 0 Å². The fraction of sp³-hybridized carbons (Fsp3) is 0.667. The molecule has 0 saturated carbocycles. The number of hydrogen-bond acceptors (Lipinski definition) is 4. The number of rotatable bonds is 3. The van der Waals surface area contributed by atoms with Crippen LogP contribution >= 0.6 is 12.2 Å². The lowest BCUT2D eigenvalue weighted by molar-refractivity contribution is -0.145. The number of carbonyl (C=O) groups excluding carboxylic acids is 1. The average Bonchev–Trinajstić information content (AvgIpc) is 1.85. The monoisotopic (exact) mass is 162 g/mol. The fourth-order valence-electron chi connectivity index (χ4n) is 0.363. The van der Waals surface area contributed by atoms with Gasteiger partial charge in [-0.1, -0.05) is 0 Å². The summed E-state index contributed by atoms with van der Waals surface area (Å²) in [4.78, 5) is 10.5. The van der Waals surface area contributed by atoms with Gasteiger partial charge < -0.3 is 9.47 Å². The normalized spacial score (nSPS) is 8.60. The highest BCUT2D eigenvalue weighted by molar-refractivity contribution is 7.80. The first-order valence-corrected chi connectivity index (χ1v) is 3.36. The van der Waals surface area contributed by atoms with Crippen LogP contribution in [0.25, 0.3) is 0 Å². The summed E-state index contributed by atoms with van der Waals surface area (Å²) in [5.41, 5.74) is 0. The molecule has 10 heavy (non-hydrogen) atoms. The molecule has 0 atom stereocenters. The first kappa shape index (κ1) is 9.36. The number of hydrogen-bond donors (Lipinski definition) is 0. The van der Waals surface area contributed by atoms with E-state index in [2.05, 4.69) is 17.0 Å². The molecule has 3 nitrogen and oxygen atoms in total. The number of ether oxygens (including phenoxy) is 2. The molecular weight excluding hydrogens is 152 g/mol. The molecule has 0 aliphatic rings. The summed E-state index contributed by atoms with van der Waals surface area (Å²) in [5, 5.41) is 0.355. The molecule has 0 unspecified atom stereocenters. The fourth-order valence-corrected chi connectivity index (χ4v) is 0.422. The molecule has 0 aromatic heterocycles. The highest BCUT2D eigenvalue weighted by Crippen LogP contribution is 1.83. The van der Waals surface area contributed by atoms with E-state index in [9.17, 15) is 4.79 Å². The topological polar surface area (TPSA) is 35.5 Å². The van der Waals surface area contributed by atoms with E-state index in [0.29, 0.717) is 11.7 Å². The smallest absolute Gasteiger partial charge is 0.344 e. The van der Waals surface area contributed by atoms with Crippen molar-refractivity contribution in [3.8, 4) is 0 Å². The maximum absolute atomic E-state index is 10.5. The highest BCUT2D eigenvalue weighted by atomic mass is 32.1. The zero-order valence-electron chi connectivity index (χ0n) is 6.05. The molecule has 0 rings (SSSR count). The van der Waals surface area contributed by atoms with Gasteiger partial charge in [0.25, 0.3) is 0 Å². The van der Waals surface area contributed by atoms with E-state index in [1.807, 2.05) is 0 Å². The first-order valence-electron chi connectivity index (χ1n) is 2.95. The molecule has 0 aliphatic carbocycles. The summed E-state index contributed by atoms with van der Waals surface area (Å²) in [7, 11) is 0. The van der Waals surface area contributed by atoms with E-state index in [4.69, 9.17) is 4.74 Å². The second kappa shape index (κ2) is 5.17. The summed E-state index contributed by atoms with van der Waals surface area (Å²) in [6.07, 6.45) is 0. The van der Waals surface area contributed by atoms with Gasteiger partial charge in [-0.15, -0.1) is 0 Å². The molecule has 0 aliphatic heterocycles. The van der Waals surface area contributed by atoms with Gasteiger partial charge in [0, 0.05) is 6.92 Å². The number of esters is 1. The third kappa shape index (κ3) is 5.50. The molecule has 0 bridgehead atoms. The quantitative estimate of drug-likeness (QED) is 0.456. The van der Waals surface area contributed by atoms with E-state index in [-0.39, 0.29) is 12.6 Å². The number of carbonyl (C=O) groups is 1. The Balaban J connectivity index is 3.30. The Labute approximate surface area is 65.3 Å². The lowest BCUT2D eigenvalue weighted by Gasteiger charge is -2.01. The van der Waals surface area contributed by atoms with Gasteiger partial charge in [0.1, 0.15) is 0 Å². The van der Waals surface area contributed by atoms with Crippen LogP contribution in [0.3, 0.4) is 0 Å². The second-order valence-electron chi connectivity index (χ2n) is 1.59. The zero-order valence-corrected chi connectivity index (χ0v) is 6.86. The molecular formula is C6H10O3S. The van der Waals surface area contributed by atoms with Crippen molar-refractivity contribution in [1.82, 2.24) is 0 Å². The Morgan fingerprint density at radius 3 is 2.50 bits per heavy atom. The minimum atomic E-state index is -0.383. The minimum Gasteiger partial charge on any atom is -0.476 e. The molecule has 0 fully saturated rings. The Kier molecular flexibility index (Phi) is 4.84. The van der Waals surface area contributed by atoms with Crippen LogP contribution < -0.4 is 0 Å². The standard InChI is InChI=1S/C6H10O3S/c1-3-8-6(7)4-9-5(2)10/h3-4H2,1-2H3. The molecule has 0 spiro atoms. The van der Waals surface area contributed by atoms with Crippen molar-refractivity contribution >= 4 is 23.2 Å². The Bertz CT molecular complexity index is 133. The maximum atomic E-state index is 10.5. The van der Waals surface area contributed by atoms with Gasteiger partial charge in [-0.2, -0.15) is 0 Å². The molecule has 0 aromatic rings. The Hall–Kier alpha value is -0.640. The van der Waals surface area contributed by atoms with Gasteiger partial charge in [0.2, 0.25) is 0 Å². The van der Waals surface area contributed by atoms with Gasteiger partial charge in [-0.3, -0.25) is 0 Å². The van der Waals surface area contributed by atoms with Gasteiger partial charge in [-0.05, 0) is 19.1 Å². The first-order chi connectivity index (χ1) is 4.66. The molecule has 0 radical (unpaired) electrons. The molecule has 58 valence electrons. The van der Waals surface area contributed by atoms with Crippen LogP contribution in [0.1, 0.15) is 13.8 Å². The predicted octanol–water partition coefficient (Wildman–Crippen LogP) is 0.913. The number of thiocarbonyl (C=S) groups is 1. The molecule has 0 aromatic carbocycles. The van der Waals surface area contributed by atoms with Crippen molar-refractivity contribution in [1.29, 1.82) is 0 Å². The molecule has 4 heteroatoms. The Morgan fingerprint density at radius 1 is 1.50 bits per heavy atom. The molecule has 0 N–H and O–H groups in total. The summed E-state index contributed by atoms with van der Waals surface area (Å²) >= 11 is 4.57. The lowest BCUT2D eigenvalue weighted by atomic mass is 10.7. The second-order valence-corrected chi connectivity index (χ2v) is 2.16. The van der Waals surface area contributed by atoms with E-state index >= 15 is 0 Å². The van der Waals surface area contributed by atoms with Crippen LogP contribution in [-0.4, -0.2) is 24.2 Å². The van der Waals surface area contributed by atoms with Crippen LogP contribution in [0.15, 0.2) is 0 Å².